The van der Waals surface area contributed by atoms with Gasteiger partial charge in [-0.3, -0.25) is 4.79 Å². The van der Waals surface area contributed by atoms with Crippen molar-refractivity contribution in [1.29, 1.82) is 5.26 Å². The van der Waals surface area contributed by atoms with Gasteiger partial charge >= 0.3 is 5.91 Å². The second-order valence-electron chi connectivity index (χ2n) is 4.68. The van der Waals surface area contributed by atoms with Gasteiger partial charge in [-0.1, -0.05) is 30.3 Å². The van der Waals surface area contributed by atoms with E-state index < -0.39 is 5.91 Å². The van der Waals surface area contributed by atoms with Crippen LogP contribution in [-0.4, -0.2) is 13.0 Å². The Morgan fingerprint density at radius 3 is 2.64 bits per heavy atom. The van der Waals surface area contributed by atoms with Gasteiger partial charge in [0.25, 0.3) is 0 Å². The van der Waals surface area contributed by atoms with Gasteiger partial charge in [-0.15, -0.1) is 0 Å². The van der Waals surface area contributed by atoms with Gasteiger partial charge in [-0.25, -0.2) is 0 Å². The molecule has 0 aliphatic rings. The average Bonchev–Trinajstić information content (AvgIpc) is 2.54. The van der Waals surface area contributed by atoms with Crippen molar-refractivity contribution in [3.05, 3.63) is 53.6 Å². The molecule has 0 saturated carbocycles. The Morgan fingerprint density at radius 1 is 1.27 bits per heavy atom. The van der Waals surface area contributed by atoms with Crippen LogP contribution in [0.25, 0.3) is 0 Å². The molecule has 0 bridgehead atoms. The molecule has 1 N–H and O–H groups in total. The number of amides is 1. The molecule has 0 aliphatic heterocycles. The van der Waals surface area contributed by atoms with E-state index in [1.54, 1.807) is 6.07 Å². The van der Waals surface area contributed by atoms with Gasteiger partial charge < -0.3 is 14.8 Å². The Hall–Kier alpha value is -3.00. The van der Waals surface area contributed by atoms with Crippen LogP contribution in [0.2, 0.25) is 0 Å². The largest absolute Gasteiger partial charge is 0.493 e. The normalized spacial score (nSPS) is 9.68. The van der Waals surface area contributed by atoms with Crippen LogP contribution in [0, 0.1) is 18.3 Å². The van der Waals surface area contributed by atoms with Crippen LogP contribution in [0.3, 0.4) is 0 Å². The molecule has 1 amide bonds. The minimum Gasteiger partial charge on any atom is -0.493 e. The second-order valence-corrected chi connectivity index (χ2v) is 4.68. The highest BCUT2D eigenvalue weighted by Gasteiger charge is 2.14. The molecule has 0 aromatic heterocycles. The summed E-state index contributed by atoms with van der Waals surface area (Å²) in [7, 11) is 1.53. The van der Waals surface area contributed by atoms with Gasteiger partial charge in [0.05, 0.1) is 12.8 Å². The average molecular weight is 296 g/mol. The highest BCUT2D eigenvalue weighted by Crippen LogP contribution is 2.37. The first-order valence-corrected chi connectivity index (χ1v) is 6.70. The number of hydrogen-bond acceptors (Lipinski definition) is 4. The minimum absolute atomic E-state index is 0.329. The SMILES string of the molecule is COc1cc(C)cc(NC(=O)C#N)c1OCc1ccccc1. The summed E-state index contributed by atoms with van der Waals surface area (Å²) in [5.41, 5.74) is 2.29. The molecule has 0 heterocycles. The van der Waals surface area contributed by atoms with Crippen molar-refractivity contribution < 1.29 is 14.3 Å². The lowest BCUT2D eigenvalue weighted by Gasteiger charge is -2.16. The Kier molecular flexibility index (Phi) is 4.99. The molecule has 2 rings (SSSR count). The van der Waals surface area contributed by atoms with Gasteiger partial charge in [0.1, 0.15) is 6.61 Å². The predicted molar refractivity (Wildman–Crippen MR) is 82.7 cm³/mol. The van der Waals surface area contributed by atoms with Crippen LogP contribution < -0.4 is 14.8 Å². The zero-order valence-electron chi connectivity index (χ0n) is 12.4. The maximum atomic E-state index is 11.4. The summed E-state index contributed by atoms with van der Waals surface area (Å²) in [6, 6.07) is 14.7. The molecule has 0 atom stereocenters. The molecule has 112 valence electrons. The van der Waals surface area contributed by atoms with Crippen molar-refractivity contribution >= 4 is 11.6 Å². The fourth-order valence-electron chi connectivity index (χ4n) is 2.01. The van der Waals surface area contributed by atoms with E-state index in [9.17, 15) is 4.79 Å². The topological polar surface area (TPSA) is 71.3 Å². The fourth-order valence-corrected chi connectivity index (χ4v) is 2.01. The zero-order chi connectivity index (χ0) is 15.9. The van der Waals surface area contributed by atoms with Gasteiger partial charge in [-0.05, 0) is 30.2 Å². The van der Waals surface area contributed by atoms with Crippen LogP contribution in [0.4, 0.5) is 5.69 Å². The lowest BCUT2D eigenvalue weighted by Crippen LogP contribution is -2.10. The first kappa shape index (κ1) is 15.4. The third-order valence-electron chi connectivity index (χ3n) is 2.99. The number of carbonyl (C=O) groups is 1. The highest BCUT2D eigenvalue weighted by atomic mass is 16.5. The number of methoxy groups -OCH3 is 1. The molecule has 0 spiro atoms. The first-order chi connectivity index (χ1) is 10.6. The molecule has 22 heavy (non-hydrogen) atoms. The summed E-state index contributed by atoms with van der Waals surface area (Å²) in [5, 5.41) is 11.2. The number of nitrogens with one attached hydrogen (secondary N) is 1. The first-order valence-electron chi connectivity index (χ1n) is 6.70. The van der Waals surface area contributed by atoms with E-state index in [4.69, 9.17) is 14.7 Å². The summed E-state index contributed by atoms with van der Waals surface area (Å²) in [4.78, 5) is 11.4. The summed E-state index contributed by atoms with van der Waals surface area (Å²) < 4.78 is 11.1. The number of nitrogens with zero attached hydrogens (tertiary/aromatic N) is 1. The Bertz CT molecular complexity index is 706. The molecule has 0 aliphatic carbocycles. The Labute approximate surface area is 129 Å². The van der Waals surface area contributed by atoms with Crippen molar-refractivity contribution in [2.45, 2.75) is 13.5 Å². The van der Waals surface area contributed by atoms with E-state index in [0.717, 1.165) is 11.1 Å². The van der Waals surface area contributed by atoms with Crippen LogP contribution in [-0.2, 0) is 11.4 Å². The lowest BCUT2D eigenvalue weighted by atomic mass is 10.2. The highest BCUT2D eigenvalue weighted by molar-refractivity contribution is 6.03. The fraction of sp³-hybridized carbons (Fsp3) is 0.176. The number of nitriles is 1. The molecule has 2 aromatic carbocycles. The smallest absolute Gasteiger partial charge is 0.326 e. The second kappa shape index (κ2) is 7.14. The van der Waals surface area contributed by atoms with E-state index >= 15 is 0 Å². The minimum atomic E-state index is -0.753. The van der Waals surface area contributed by atoms with Crippen LogP contribution >= 0.6 is 0 Å². The number of carbonyl (C=O) groups excluding carboxylic acids is 1. The monoisotopic (exact) mass is 296 g/mol. The lowest BCUT2D eigenvalue weighted by molar-refractivity contribution is -0.111. The number of hydrogen-bond donors (Lipinski definition) is 1. The Balaban J connectivity index is 2.30. The van der Waals surface area contributed by atoms with Crippen molar-refractivity contribution in [2.24, 2.45) is 0 Å². The van der Waals surface area contributed by atoms with E-state index in [1.807, 2.05) is 43.3 Å². The molecular weight excluding hydrogens is 280 g/mol. The van der Waals surface area contributed by atoms with Crippen molar-refractivity contribution in [1.82, 2.24) is 0 Å². The number of anilines is 1. The van der Waals surface area contributed by atoms with Crippen LogP contribution in [0.5, 0.6) is 11.5 Å². The molecule has 2 aromatic rings. The van der Waals surface area contributed by atoms with Gasteiger partial charge in [0.2, 0.25) is 0 Å². The third kappa shape index (κ3) is 3.76. The summed E-state index contributed by atoms with van der Waals surface area (Å²) in [5.74, 6) is 0.155. The molecule has 0 fully saturated rings. The summed E-state index contributed by atoms with van der Waals surface area (Å²) >= 11 is 0. The van der Waals surface area contributed by atoms with Crippen LogP contribution in [0.15, 0.2) is 42.5 Å². The molecule has 0 unspecified atom stereocenters. The van der Waals surface area contributed by atoms with Crippen LogP contribution in [0.1, 0.15) is 11.1 Å². The van der Waals surface area contributed by atoms with Gasteiger partial charge in [-0.2, -0.15) is 5.26 Å². The van der Waals surface area contributed by atoms with Gasteiger partial charge in [0, 0.05) is 0 Å². The van der Waals surface area contributed by atoms with Crippen molar-refractivity contribution in [2.75, 3.05) is 12.4 Å². The van der Waals surface area contributed by atoms with Crippen molar-refractivity contribution in [3.8, 4) is 17.6 Å². The molecule has 0 saturated heterocycles. The van der Waals surface area contributed by atoms with E-state index in [0.29, 0.717) is 23.8 Å². The summed E-state index contributed by atoms with van der Waals surface area (Å²) in [6.45, 7) is 2.20. The van der Waals surface area contributed by atoms with E-state index in [-0.39, 0.29) is 0 Å². The van der Waals surface area contributed by atoms with E-state index in [2.05, 4.69) is 5.32 Å². The number of aryl methyl sites for hydroxylation is 1. The molecule has 5 nitrogen and oxygen atoms in total. The Morgan fingerprint density at radius 2 is 2.00 bits per heavy atom. The number of ether oxygens (including phenoxy) is 2. The molecular formula is C17H16N2O3. The number of rotatable bonds is 5. The standard InChI is InChI=1S/C17H16N2O3/c1-12-8-14(19-16(20)10-18)17(15(9-12)21-2)22-11-13-6-4-3-5-7-13/h3-9H,11H2,1-2H3,(H,19,20). The van der Waals surface area contributed by atoms with Crippen molar-refractivity contribution in [3.63, 3.8) is 0 Å². The van der Waals surface area contributed by atoms with E-state index in [1.165, 1.54) is 13.2 Å². The molecule has 0 radical (unpaired) electrons. The predicted octanol–water partition coefficient (Wildman–Crippen LogP) is 3.04. The third-order valence-corrected chi connectivity index (χ3v) is 2.99. The van der Waals surface area contributed by atoms with Gasteiger partial charge in [0.15, 0.2) is 17.6 Å². The zero-order valence-corrected chi connectivity index (χ0v) is 12.4. The maximum Gasteiger partial charge on any atom is 0.326 e. The number of benzene rings is 2. The maximum absolute atomic E-state index is 11.4. The molecule has 5 heteroatoms. The summed E-state index contributed by atoms with van der Waals surface area (Å²) in [6.07, 6.45) is 0. The quantitative estimate of drug-likeness (QED) is 0.861.